The molecule has 1 aliphatic rings. The molecular formula is C12H13N3O4. The molecule has 1 aromatic heterocycles. The third kappa shape index (κ3) is 2.25. The van der Waals surface area contributed by atoms with Gasteiger partial charge in [0, 0.05) is 12.7 Å². The highest BCUT2D eigenvalue weighted by atomic mass is 16.7. The van der Waals surface area contributed by atoms with Crippen molar-refractivity contribution in [2.75, 3.05) is 20.5 Å². The standard InChI is InChI=1S/C12H13N3O4/c1-16-5-8(13)11-14-12(19-15-11)7-2-3-9-10(4-7)18-6-17-9/h2-4,8H,5-6,13H2,1H3. The molecule has 7 heteroatoms. The summed E-state index contributed by atoms with van der Waals surface area (Å²) in [6.07, 6.45) is 0. The minimum atomic E-state index is -0.406. The molecule has 0 bridgehead atoms. The number of benzene rings is 1. The number of ether oxygens (including phenoxy) is 3. The summed E-state index contributed by atoms with van der Waals surface area (Å²) in [5.41, 5.74) is 6.59. The zero-order valence-corrected chi connectivity index (χ0v) is 10.3. The van der Waals surface area contributed by atoms with Crippen molar-refractivity contribution in [1.29, 1.82) is 0 Å². The topological polar surface area (TPSA) is 92.6 Å². The van der Waals surface area contributed by atoms with Gasteiger partial charge in [0.25, 0.3) is 5.89 Å². The molecule has 0 fully saturated rings. The van der Waals surface area contributed by atoms with Crippen LogP contribution in [0.15, 0.2) is 22.7 Å². The van der Waals surface area contributed by atoms with Crippen molar-refractivity contribution < 1.29 is 18.7 Å². The number of nitrogens with two attached hydrogens (primary N) is 1. The fourth-order valence-corrected chi connectivity index (χ4v) is 1.79. The molecule has 0 radical (unpaired) electrons. The molecule has 2 aromatic rings. The molecule has 100 valence electrons. The lowest BCUT2D eigenvalue weighted by molar-refractivity contribution is 0.174. The SMILES string of the molecule is COCC(N)c1noc(-c2ccc3c(c2)OCO3)n1. The van der Waals surface area contributed by atoms with Gasteiger partial charge in [-0.25, -0.2) is 0 Å². The Morgan fingerprint density at radius 2 is 2.21 bits per heavy atom. The quantitative estimate of drug-likeness (QED) is 0.883. The van der Waals surface area contributed by atoms with Crippen LogP contribution in [-0.2, 0) is 4.74 Å². The first kappa shape index (κ1) is 11.9. The van der Waals surface area contributed by atoms with Crippen LogP contribution in [0.3, 0.4) is 0 Å². The Kier molecular flexibility index (Phi) is 3.06. The third-order valence-corrected chi connectivity index (χ3v) is 2.74. The van der Waals surface area contributed by atoms with Crippen molar-refractivity contribution in [3.05, 3.63) is 24.0 Å². The number of hydrogen-bond donors (Lipinski definition) is 1. The summed E-state index contributed by atoms with van der Waals surface area (Å²) >= 11 is 0. The molecule has 7 nitrogen and oxygen atoms in total. The van der Waals surface area contributed by atoms with Gasteiger partial charge in [0.1, 0.15) is 0 Å². The second-order valence-electron chi connectivity index (χ2n) is 4.09. The summed E-state index contributed by atoms with van der Waals surface area (Å²) in [6.45, 7) is 0.562. The van der Waals surface area contributed by atoms with E-state index in [1.807, 2.05) is 6.07 Å². The van der Waals surface area contributed by atoms with Gasteiger partial charge in [-0.05, 0) is 18.2 Å². The maximum absolute atomic E-state index is 5.83. The Labute approximate surface area is 109 Å². The summed E-state index contributed by atoms with van der Waals surface area (Å²) in [5.74, 6) is 2.17. The predicted octanol–water partition coefficient (Wildman–Crippen LogP) is 1.11. The van der Waals surface area contributed by atoms with Gasteiger partial charge in [-0.1, -0.05) is 5.16 Å². The van der Waals surface area contributed by atoms with Crippen molar-refractivity contribution in [1.82, 2.24) is 10.1 Å². The monoisotopic (exact) mass is 263 g/mol. The minimum Gasteiger partial charge on any atom is -0.454 e. The summed E-state index contributed by atoms with van der Waals surface area (Å²) in [4.78, 5) is 4.25. The Balaban J connectivity index is 1.86. The molecule has 0 saturated heterocycles. The van der Waals surface area contributed by atoms with E-state index in [-0.39, 0.29) is 6.79 Å². The van der Waals surface area contributed by atoms with Crippen molar-refractivity contribution in [2.24, 2.45) is 5.73 Å². The van der Waals surface area contributed by atoms with E-state index < -0.39 is 6.04 Å². The maximum atomic E-state index is 5.83. The van der Waals surface area contributed by atoms with Crippen LogP contribution < -0.4 is 15.2 Å². The summed E-state index contributed by atoms with van der Waals surface area (Å²) in [7, 11) is 1.57. The fraction of sp³-hybridized carbons (Fsp3) is 0.333. The Morgan fingerprint density at radius 1 is 1.37 bits per heavy atom. The highest BCUT2D eigenvalue weighted by Crippen LogP contribution is 2.35. The fourth-order valence-electron chi connectivity index (χ4n) is 1.79. The Morgan fingerprint density at radius 3 is 3.05 bits per heavy atom. The van der Waals surface area contributed by atoms with Gasteiger partial charge in [-0.2, -0.15) is 4.98 Å². The molecule has 2 heterocycles. The van der Waals surface area contributed by atoms with Crippen LogP contribution in [0.25, 0.3) is 11.5 Å². The zero-order chi connectivity index (χ0) is 13.2. The van der Waals surface area contributed by atoms with Gasteiger partial charge in [0.05, 0.1) is 12.6 Å². The second kappa shape index (κ2) is 4.87. The van der Waals surface area contributed by atoms with Crippen LogP contribution in [0, 0.1) is 0 Å². The first-order valence-electron chi connectivity index (χ1n) is 5.76. The number of rotatable bonds is 4. The third-order valence-electron chi connectivity index (χ3n) is 2.74. The van der Waals surface area contributed by atoms with Crippen LogP contribution in [0.4, 0.5) is 0 Å². The van der Waals surface area contributed by atoms with Crippen molar-refractivity contribution in [3.8, 4) is 23.0 Å². The van der Waals surface area contributed by atoms with Gasteiger partial charge in [0.2, 0.25) is 6.79 Å². The number of methoxy groups -OCH3 is 1. The van der Waals surface area contributed by atoms with E-state index in [1.165, 1.54) is 0 Å². The van der Waals surface area contributed by atoms with Crippen LogP contribution in [0.2, 0.25) is 0 Å². The molecule has 0 amide bonds. The van der Waals surface area contributed by atoms with Crippen LogP contribution in [-0.4, -0.2) is 30.7 Å². The lowest BCUT2D eigenvalue weighted by Crippen LogP contribution is -2.17. The van der Waals surface area contributed by atoms with E-state index in [0.29, 0.717) is 29.8 Å². The van der Waals surface area contributed by atoms with Crippen LogP contribution >= 0.6 is 0 Å². The second-order valence-corrected chi connectivity index (χ2v) is 4.09. The minimum absolute atomic E-state index is 0.229. The molecular weight excluding hydrogens is 250 g/mol. The zero-order valence-electron chi connectivity index (χ0n) is 10.3. The smallest absolute Gasteiger partial charge is 0.258 e. The molecule has 1 aliphatic heterocycles. The number of nitrogens with zero attached hydrogens (tertiary/aromatic N) is 2. The van der Waals surface area contributed by atoms with Crippen LogP contribution in [0.1, 0.15) is 11.9 Å². The molecule has 1 aromatic carbocycles. The maximum Gasteiger partial charge on any atom is 0.258 e. The predicted molar refractivity (Wildman–Crippen MR) is 64.7 cm³/mol. The molecule has 0 spiro atoms. The lowest BCUT2D eigenvalue weighted by atomic mass is 10.2. The highest BCUT2D eigenvalue weighted by Gasteiger charge is 2.18. The summed E-state index contributed by atoms with van der Waals surface area (Å²) in [5, 5.41) is 3.84. The van der Waals surface area contributed by atoms with Crippen LogP contribution in [0.5, 0.6) is 11.5 Å². The number of hydrogen-bond acceptors (Lipinski definition) is 7. The van der Waals surface area contributed by atoms with Gasteiger partial charge in [0.15, 0.2) is 17.3 Å². The normalized spacial score (nSPS) is 14.6. The average Bonchev–Trinajstić information content (AvgIpc) is 3.07. The number of fused-ring (bicyclic) bond motifs is 1. The molecule has 0 aliphatic carbocycles. The first-order chi connectivity index (χ1) is 9.28. The van der Waals surface area contributed by atoms with E-state index in [0.717, 1.165) is 5.56 Å². The van der Waals surface area contributed by atoms with E-state index >= 15 is 0 Å². The highest BCUT2D eigenvalue weighted by molar-refractivity contribution is 5.60. The van der Waals surface area contributed by atoms with Crippen molar-refractivity contribution in [3.63, 3.8) is 0 Å². The molecule has 0 saturated carbocycles. The van der Waals surface area contributed by atoms with E-state index in [1.54, 1.807) is 19.2 Å². The summed E-state index contributed by atoms with van der Waals surface area (Å²) < 4.78 is 20.7. The molecule has 1 atom stereocenters. The van der Waals surface area contributed by atoms with Crippen molar-refractivity contribution in [2.45, 2.75) is 6.04 Å². The molecule has 2 N–H and O–H groups in total. The van der Waals surface area contributed by atoms with Gasteiger partial charge in [-0.15, -0.1) is 0 Å². The van der Waals surface area contributed by atoms with Crippen molar-refractivity contribution >= 4 is 0 Å². The lowest BCUT2D eigenvalue weighted by Gasteiger charge is -2.03. The average molecular weight is 263 g/mol. The van der Waals surface area contributed by atoms with Gasteiger partial charge < -0.3 is 24.5 Å². The number of aromatic nitrogens is 2. The summed E-state index contributed by atoms with van der Waals surface area (Å²) in [6, 6.07) is 5.02. The van der Waals surface area contributed by atoms with Gasteiger partial charge in [-0.3, -0.25) is 0 Å². The Hall–Kier alpha value is -2.12. The van der Waals surface area contributed by atoms with E-state index in [2.05, 4.69) is 10.1 Å². The molecule has 19 heavy (non-hydrogen) atoms. The first-order valence-corrected chi connectivity index (χ1v) is 5.76. The molecule has 3 rings (SSSR count). The Bertz CT molecular complexity index is 584. The largest absolute Gasteiger partial charge is 0.454 e. The van der Waals surface area contributed by atoms with E-state index in [4.69, 9.17) is 24.5 Å². The van der Waals surface area contributed by atoms with Gasteiger partial charge >= 0.3 is 0 Å². The van der Waals surface area contributed by atoms with E-state index in [9.17, 15) is 0 Å². The molecule has 1 unspecified atom stereocenters.